The fourth-order valence-corrected chi connectivity index (χ4v) is 1.65. The summed E-state index contributed by atoms with van der Waals surface area (Å²) in [6.07, 6.45) is 4.84. The van der Waals surface area contributed by atoms with Gasteiger partial charge >= 0.3 is 0 Å². The first-order valence-corrected chi connectivity index (χ1v) is 6.18. The van der Waals surface area contributed by atoms with Crippen molar-refractivity contribution < 1.29 is 5.11 Å². The number of rotatable bonds is 7. The number of aromatic nitrogens is 2. The lowest BCUT2D eigenvalue weighted by molar-refractivity contribution is 0.266. The summed E-state index contributed by atoms with van der Waals surface area (Å²) in [7, 11) is 0. The molecular formula is C11H18ClN3O2. The first-order chi connectivity index (χ1) is 8.20. The number of nitrogens with one attached hydrogen (secondary N) is 1. The Hall–Kier alpha value is -1.07. The molecule has 1 aromatic heterocycles. The van der Waals surface area contributed by atoms with Crippen molar-refractivity contribution in [3.8, 4) is 0 Å². The highest BCUT2D eigenvalue weighted by Crippen LogP contribution is 2.15. The molecule has 0 atom stereocenters. The number of hydrogen-bond acceptors (Lipinski definition) is 4. The van der Waals surface area contributed by atoms with Crippen LogP contribution in [0.1, 0.15) is 26.2 Å². The predicted molar refractivity (Wildman–Crippen MR) is 68.6 cm³/mol. The lowest BCUT2D eigenvalue weighted by atomic mass is 10.2. The first-order valence-electron chi connectivity index (χ1n) is 5.81. The summed E-state index contributed by atoms with van der Waals surface area (Å²) in [5, 5.41) is 15.9. The van der Waals surface area contributed by atoms with E-state index in [4.69, 9.17) is 16.7 Å². The van der Waals surface area contributed by atoms with E-state index < -0.39 is 0 Å². The van der Waals surface area contributed by atoms with E-state index >= 15 is 0 Å². The summed E-state index contributed by atoms with van der Waals surface area (Å²) in [6, 6.07) is 0. The molecule has 0 unspecified atom stereocenters. The quantitative estimate of drug-likeness (QED) is 0.728. The molecule has 0 aliphatic rings. The van der Waals surface area contributed by atoms with Gasteiger partial charge in [0.2, 0.25) is 0 Å². The minimum absolute atomic E-state index is 0.130. The molecule has 0 saturated heterocycles. The van der Waals surface area contributed by atoms with E-state index in [1.807, 2.05) is 0 Å². The van der Waals surface area contributed by atoms with Crippen molar-refractivity contribution in [2.45, 2.75) is 32.7 Å². The van der Waals surface area contributed by atoms with Gasteiger partial charge in [-0.2, -0.15) is 5.10 Å². The van der Waals surface area contributed by atoms with Gasteiger partial charge in [-0.25, -0.2) is 4.68 Å². The Morgan fingerprint density at radius 3 is 2.94 bits per heavy atom. The summed E-state index contributed by atoms with van der Waals surface area (Å²) in [4.78, 5) is 11.7. The molecule has 0 amide bonds. The fourth-order valence-electron chi connectivity index (χ4n) is 1.44. The van der Waals surface area contributed by atoms with E-state index in [1.54, 1.807) is 0 Å². The van der Waals surface area contributed by atoms with Gasteiger partial charge in [0.1, 0.15) is 5.02 Å². The second kappa shape index (κ2) is 7.29. The van der Waals surface area contributed by atoms with Gasteiger partial charge in [-0.3, -0.25) is 4.79 Å². The Balaban J connectivity index is 2.68. The average molecular weight is 260 g/mol. The molecule has 0 fully saturated rings. The molecular weight excluding hydrogens is 242 g/mol. The molecule has 1 aromatic rings. The molecule has 17 heavy (non-hydrogen) atoms. The van der Waals surface area contributed by atoms with Gasteiger partial charge in [0.05, 0.1) is 25.0 Å². The van der Waals surface area contributed by atoms with Gasteiger partial charge in [0.15, 0.2) is 0 Å². The minimum atomic E-state index is -0.374. The molecule has 0 spiro atoms. The maximum absolute atomic E-state index is 11.7. The molecule has 1 rings (SSSR count). The molecule has 96 valence electrons. The molecule has 0 aliphatic carbocycles. The van der Waals surface area contributed by atoms with Crippen molar-refractivity contribution in [1.29, 1.82) is 0 Å². The minimum Gasteiger partial charge on any atom is -0.394 e. The Morgan fingerprint density at radius 2 is 2.29 bits per heavy atom. The topological polar surface area (TPSA) is 67.2 Å². The largest absolute Gasteiger partial charge is 0.394 e. The van der Waals surface area contributed by atoms with Crippen LogP contribution in [0.3, 0.4) is 0 Å². The molecule has 0 radical (unpaired) electrons. The predicted octanol–water partition coefficient (Wildman–Crippen LogP) is 1.49. The van der Waals surface area contributed by atoms with E-state index in [0.29, 0.717) is 5.69 Å². The SMILES string of the molecule is CCCCCNc1cnn(CCO)c(=O)c1Cl. The third-order valence-corrected chi connectivity index (χ3v) is 2.76. The second-order valence-electron chi connectivity index (χ2n) is 3.76. The Morgan fingerprint density at radius 1 is 1.53 bits per heavy atom. The molecule has 0 bridgehead atoms. The van der Waals surface area contributed by atoms with Gasteiger partial charge in [0, 0.05) is 6.54 Å². The van der Waals surface area contributed by atoms with Crippen molar-refractivity contribution in [2.24, 2.45) is 0 Å². The van der Waals surface area contributed by atoms with Crippen LogP contribution in [0.4, 0.5) is 5.69 Å². The number of unbranched alkanes of at least 4 members (excludes halogenated alkanes) is 2. The molecule has 2 N–H and O–H groups in total. The first kappa shape index (κ1) is 14.0. The second-order valence-corrected chi connectivity index (χ2v) is 4.14. The van der Waals surface area contributed by atoms with E-state index in [2.05, 4.69) is 17.3 Å². The normalized spacial score (nSPS) is 10.5. The number of aliphatic hydroxyl groups is 1. The molecule has 5 nitrogen and oxygen atoms in total. The van der Waals surface area contributed by atoms with Crippen LogP contribution in [0.2, 0.25) is 5.02 Å². The van der Waals surface area contributed by atoms with Crippen molar-refractivity contribution in [2.75, 3.05) is 18.5 Å². The van der Waals surface area contributed by atoms with E-state index in [-0.39, 0.29) is 23.7 Å². The van der Waals surface area contributed by atoms with Gasteiger partial charge < -0.3 is 10.4 Å². The Labute approximate surface area is 105 Å². The Bertz CT molecular complexity index is 406. The van der Waals surface area contributed by atoms with Gasteiger partial charge in [0.25, 0.3) is 5.56 Å². The standard InChI is InChI=1S/C11H18ClN3O2/c1-2-3-4-5-13-9-8-14-15(6-7-16)11(17)10(9)12/h8,13,16H,2-7H2,1H3. The maximum Gasteiger partial charge on any atom is 0.287 e. The molecule has 6 heteroatoms. The number of nitrogens with zero attached hydrogens (tertiary/aromatic N) is 2. The molecule has 0 aromatic carbocycles. The zero-order valence-corrected chi connectivity index (χ0v) is 10.7. The summed E-state index contributed by atoms with van der Waals surface area (Å²) in [5.74, 6) is 0. The summed E-state index contributed by atoms with van der Waals surface area (Å²) in [5.41, 5.74) is 0.183. The average Bonchev–Trinajstić information content (AvgIpc) is 2.33. The maximum atomic E-state index is 11.7. The van der Waals surface area contributed by atoms with E-state index in [9.17, 15) is 4.79 Å². The lowest BCUT2D eigenvalue weighted by Crippen LogP contribution is -2.25. The van der Waals surface area contributed by atoms with Crippen molar-refractivity contribution >= 4 is 17.3 Å². The van der Waals surface area contributed by atoms with E-state index in [0.717, 1.165) is 30.5 Å². The van der Waals surface area contributed by atoms with Crippen LogP contribution in [0.25, 0.3) is 0 Å². The lowest BCUT2D eigenvalue weighted by Gasteiger charge is -2.09. The van der Waals surface area contributed by atoms with Crippen LogP contribution in [0.5, 0.6) is 0 Å². The number of hydrogen-bond donors (Lipinski definition) is 2. The fraction of sp³-hybridized carbons (Fsp3) is 0.636. The van der Waals surface area contributed by atoms with Crippen LogP contribution in [-0.4, -0.2) is 28.0 Å². The highest BCUT2D eigenvalue weighted by Gasteiger charge is 2.08. The summed E-state index contributed by atoms with van der Waals surface area (Å²) < 4.78 is 1.15. The monoisotopic (exact) mass is 259 g/mol. The van der Waals surface area contributed by atoms with Crippen LogP contribution >= 0.6 is 11.6 Å². The van der Waals surface area contributed by atoms with Gasteiger partial charge in [-0.1, -0.05) is 31.4 Å². The molecule has 0 saturated carbocycles. The Kier molecular flexibility index (Phi) is 6.00. The highest BCUT2D eigenvalue weighted by molar-refractivity contribution is 6.32. The highest BCUT2D eigenvalue weighted by atomic mass is 35.5. The van der Waals surface area contributed by atoms with Crippen molar-refractivity contribution in [3.05, 3.63) is 21.6 Å². The van der Waals surface area contributed by atoms with Crippen molar-refractivity contribution in [3.63, 3.8) is 0 Å². The van der Waals surface area contributed by atoms with Crippen LogP contribution < -0.4 is 10.9 Å². The van der Waals surface area contributed by atoms with Crippen LogP contribution in [0.15, 0.2) is 11.0 Å². The van der Waals surface area contributed by atoms with Gasteiger partial charge in [-0.05, 0) is 6.42 Å². The van der Waals surface area contributed by atoms with Crippen LogP contribution in [-0.2, 0) is 6.54 Å². The smallest absolute Gasteiger partial charge is 0.287 e. The number of aliphatic hydroxyl groups excluding tert-OH is 1. The number of anilines is 1. The molecule has 0 aliphatic heterocycles. The third kappa shape index (κ3) is 4.02. The summed E-state index contributed by atoms with van der Waals surface area (Å²) in [6.45, 7) is 2.93. The molecule has 1 heterocycles. The van der Waals surface area contributed by atoms with Crippen molar-refractivity contribution in [1.82, 2.24) is 9.78 Å². The zero-order chi connectivity index (χ0) is 12.7. The number of halogens is 1. The third-order valence-electron chi connectivity index (χ3n) is 2.39. The van der Waals surface area contributed by atoms with E-state index in [1.165, 1.54) is 6.20 Å². The van der Waals surface area contributed by atoms with Crippen LogP contribution in [0, 0.1) is 0 Å². The zero-order valence-electron chi connectivity index (χ0n) is 9.95. The summed E-state index contributed by atoms with van der Waals surface area (Å²) >= 11 is 5.93. The van der Waals surface area contributed by atoms with Gasteiger partial charge in [-0.15, -0.1) is 0 Å².